The Bertz CT molecular complexity index is 615. The normalized spacial score (nSPS) is 28.8. The van der Waals surface area contributed by atoms with Crippen molar-refractivity contribution >= 4 is 24.8 Å². The highest BCUT2D eigenvalue weighted by atomic mass is 31.2. The molecule has 2 rings (SSSR count). The van der Waals surface area contributed by atoms with Crippen LogP contribution in [0.2, 0.25) is 0 Å². The summed E-state index contributed by atoms with van der Waals surface area (Å²) in [6.07, 6.45) is -5.28. The summed E-state index contributed by atoms with van der Waals surface area (Å²) >= 11 is 0. The number of anilines is 1. The number of amides is 1. The molecule has 1 aliphatic heterocycles. The maximum absolute atomic E-state index is 11.4. The van der Waals surface area contributed by atoms with Crippen LogP contribution in [0, 0.1) is 0 Å². The number of aliphatic hydroxyl groups is 3. The van der Waals surface area contributed by atoms with E-state index in [2.05, 4.69) is 15.3 Å². The van der Waals surface area contributed by atoms with Gasteiger partial charge in [0.1, 0.15) is 18.3 Å². The second-order valence-corrected chi connectivity index (χ2v) is 6.13. The molecule has 1 unspecified atom stereocenters. The number of rotatable bonds is 5. The number of H-pyrrole nitrogens is 1. The number of carbonyl (C=O) groups excluding carboxylic acids is 1. The van der Waals surface area contributed by atoms with Crippen molar-refractivity contribution in [3.8, 4) is 0 Å². The van der Waals surface area contributed by atoms with Crippen molar-refractivity contribution < 1.29 is 39.2 Å². The number of aromatic nitrogens is 2. The van der Waals surface area contributed by atoms with Gasteiger partial charge in [-0.2, -0.15) is 0 Å². The van der Waals surface area contributed by atoms with E-state index in [1.165, 1.54) is 0 Å². The van der Waals surface area contributed by atoms with Gasteiger partial charge >= 0.3 is 7.60 Å². The Morgan fingerprint density at radius 3 is 2.50 bits per heavy atom. The molecule has 1 aromatic heterocycles. The maximum Gasteiger partial charge on any atom is 0.376 e. The minimum atomic E-state index is -4.83. The summed E-state index contributed by atoms with van der Waals surface area (Å²) in [5.74, 6) is -2.02. The van der Waals surface area contributed by atoms with Crippen molar-refractivity contribution in [3.05, 3.63) is 5.82 Å². The number of ether oxygens (including phenoxy) is 1. The van der Waals surface area contributed by atoms with Gasteiger partial charge in [0, 0.05) is 0 Å². The molecule has 13 heteroatoms. The number of imidazole rings is 1. The first-order chi connectivity index (χ1) is 10.1. The summed E-state index contributed by atoms with van der Waals surface area (Å²) < 4.78 is 16.5. The van der Waals surface area contributed by atoms with Crippen LogP contribution in [-0.4, -0.2) is 72.1 Å². The van der Waals surface area contributed by atoms with Gasteiger partial charge in [0.15, 0.2) is 23.3 Å². The van der Waals surface area contributed by atoms with Crippen molar-refractivity contribution in [3.63, 3.8) is 0 Å². The highest BCUT2D eigenvalue weighted by Crippen LogP contribution is 2.36. The van der Waals surface area contributed by atoms with Crippen LogP contribution in [0.1, 0.15) is 10.6 Å². The molecule has 22 heavy (non-hydrogen) atoms. The van der Waals surface area contributed by atoms with Crippen molar-refractivity contribution in [1.29, 1.82) is 0 Å². The molecule has 0 saturated carbocycles. The summed E-state index contributed by atoms with van der Waals surface area (Å²) in [5.41, 5.74) is 4.25. The Balaban J connectivity index is 2.29. The van der Waals surface area contributed by atoms with E-state index in [9.17, 15) is 29.4 Å². The number of hydrogen-bond donors (Lipinski definition) is 8. The first-order valence-corrected chi connectivity index (χ1v) is 7.61. The molecule has 1 saturated heterocycles. The number of hydrogen-bond acceptors (Lipinski definition) is 8. The van der Waals surface area contributed by atoms with Crippen molar-refractivity contribution in [1.82, 2.24) is 9.97 Å². The van der Waals surface area contributed by atoms with Gasteiger partial charge in [0.2, 0.25) is 0 Å². The van der Waals surface area contributed by atoms with Gasteiger partial charge in [-0.3, -0.25) is 9.36 Å². The molecule has 1 amide bonds. The molecule has 1 fully saturated rings. The van der Waals surface area contributed by atoms with Crippen LogP contribution in [0.25, 0.3) is 0 Å². The molecule has 0 spiro atoms. The van der Waals surface area contributed by atoms with Crippen LogP contribution in [0.4, 0.5) is 5.82 Å². The third-order valence-corrected chi connectivity index (χ3v) is 3.94. The van der Waals surface area contributed by atoms with E-state index in [0.29, 0.717) is 0 Å². The van der Waals surface area contributed by atoms with E-state index in [0.717, 1.165) is 0 Å². The Morgan fingerprint density at radius 2 is 2.05 bits per heavy atom. The topological polar surface area (TPSA) is 211 Å². The standard InChI is InChI=1S/C9H15N4O8P/c10-5(17)6-11-7(9(13-6)22(18,19)20)12-8-4(16)3(15)2(1-14)21-8/h2-4,8,12,14-16H,1H2,(H2,10,17)(H,11,13)(H2,18,19,20)/t2-,3-,4-,8?/m1/s1. The second-order valence-electron chi connectivity index (χ2n) is 4.59. The van der Waals surface area contributed by atoms with E-state index in [1.807, 2.05) is 0 Å². The van der Waals surface area contributed by atoms with Gasteiger partial charge in [0.25, 0.3) is 5.91 Å². The quantitative estimate of drug-likeness (QED) is 0.245. The third kappa shape index (κ3) is 3.13. The largest absolute Gasteiger partial charge is 0.394 e. The molecule has 0 bridgehead atoms. The molecular weight excluding hydrogens is 323 g/mol. The minimum Gasteiger partial charge on any atom is -0.394 e. The van der Waals surface area contributed by atoms with Gasteiger partial charge in [-0.1, -0.05) is 0 Å². The van der Waals surface area contributed by atoms with E-state index in [1.54, 1.807) is 0 Å². The number of nitrogens with zero attached hydrogens (tertiary/aromatic N) is 1. The fourth-order valence-corrected chi connectivity index (χ4v) is 2.59. The number of nitrogens with two attached hydrogens (primary N) is 1. The van der Waals surface area contributed by atoms with Crippen LogP contribution in [0.3, 0.4) is 0 Å². The zero-order valence-corrected chi connectivity index (χ0v) is 11.8. The summed E-state index contributed by atoms with van der Waals surface area (Å²) in [5, 5.41) is 30.7. The van der Waals surface area contributed by atoms with Crippen LogP contribution in [0.15, 0.2) is 0 Å². The highest BCUT2D eigenvalue weighted by molar-refractivity contribution is 7.60. The molecule has 2 heterocycles. The van der Waals surface area contributed by atoms with Crippen molar-refractivity contribution in [2.24, 2.45) is 5.73 Å². The van der Waals surface area contributed by atoms with E-state index < -0.39 is 61.7 Å². The molecule has 124 valence electrons. The number of aliphatic hydroxyl groups excluding tert-OH is 3. The first-order valence-electron chi connectivity index (χ1n) is 6.00. The fourth-order valence-electron chi connectivity index (χ4n) is 1.95. The van der Waals surface area contributed by atoms with E-state index >= 15 is 0 Å². The Hall–Kier alpha value is -1.53. The Labute approximate surface area is 123 Å². The lowest BCUT2D eigenvalue weighted by Gasteiger charge is -2.17. The summed E-state index contributed by atoms with van der Waals surface area (Å²) in [7, 11) is -4.83. The predicted molar refractivity (Wildman–Crippen MR) is 70.2 cm³/mol. The summed E-state index contributed by atoms with van der Waals surface area (Å²) in [6, 6.07) is 0. The number of aromatic amines is 1. The number of carbonyl (C=O) groups is 1. The molecule has 9 N–H and O–H groups in total. The number of nitrogens with one attached hydrogen (secondary N) is 2. The molecule has 1 aliphatic rings. The molecule has 0 aliphatic carbocycles. The molecule has 0 aromatic carbocycles. The molecular formula is C9H15N4O8P. The average molecular weight is 338 g/mol. The van der Waals surface area contributed by atoms with Crippen molar-refractivity contribution in [2.75, 3.05) is 11.9 Å². The monoisotopic (exact) mass is 338 g/mol. The third-order valence-electron chi connectivity index (χ3n) is 3.03. The lowest BCUT2D eigenvalue weighted by molar-refractivity contribution is -0.0153. The number of primary amides is 1. The molecule has 0 radical (unpaired) electrons. The fraction of sp³-hybridized carbons (Fsp3) is 0.556. The lowest BCUT2D eigenvalue weighted by Crippen LogP contribution is -2.37. The Morgan fingerprint density at radius 1 is 1.41 bits per heavy atom. The van der Waals surface area contributed by atoms with Crippen LogP contribution in [-0.2, 0) is 9.30 Å². The van der Waals surface area contributed by atoms with E-state index in [4.69, 9.17) is 15.6 Å². The van der Waals surface area contributed by atoms with Crippen LogP contribution >= 0.6 is 7.60 Å². The van der Waals surface area contributed by atoms with Crippen LogP contribution in [0.5, 0.6) is 0 Å². The zero-order chi connectivity index (χ0) is 16.7. The van der Waals surface area contributed by atoms with E-state index in [-0.39, 0.29) is 0 Å². The van der Waals surface area contributed by atoms with Gasteiger partial charge in [-0.25, -0.2) is 4.98 Å². The second kappa shape index (κ2) is 5.93. The first kappa shape index (κ1) is 16.8. The lowest BCUT2D eigenvalue weighted by atomic mass is 10.1. The maximum atomic E-state index is 11.4. The zero-order valence-electron chi connectivity index (χ0n) is 10.9. The Kier molecular flexibility index (Phi) is 4.54. The summed E-state index contributed by atoms with van der Waals surface area (Å²) in [6.45, 7) is -0.575. The highest BCUT2D eigenvalue weighted by Gasteiger charge is 2.43. The molecule has 12 nitrogen and oxygen atoms in total. The van der Waals surface area contributed by atoms with Crippen LogP contribution < -0.4 is 16.5 Å². The van der Waals surface area contributed by atoms with Gasteiger partial charge < -0.3 is 45.9 Å². The SMILES string of the molecule is NC(=O)c1nc(NC2O[C@H](CO)[C@@H](O)[C@H]2O)c(P(=O)(O)O)[nH]1. The smallest absolute Gasteiger partial charge is 0.376 e. The van der Waals surface area contributed by atoms with Gasteiger partial charge in [0.05, 0.1) is 6.61 Å². The molecule has 1 aromatic rings. The van der Waals surface area contributed by atoms with Gasteiger partial charge in [-0.15, -0.1) is 0 Å². The average Bonchev–Trinajstić information content (AvgIpc) is 2.95. The molecule has 4 atom stereocenters. The minimum absolute atomic E-state index is 0.461. The predicted octanol–water partition coefficient (Wildman–Crippen LogP) is -3.84. The van der Waals surface area contributed by atoms with Gasteiger partial charge in [-0.05, 0) is 0 Å². The summed E-state index contributed by atoms with van der Waals surface area (Å²) in [4.78, 5) is 35.1. The van der Waals surface area contributed by atoms with Crippen molar-refractivity contribution in [2.45, 2.75) is 24.5 Å².